The van der Waals surface area contributed by atoms with Gasteiger partial charge in [0.05, 0.1) is 12.9 Å². The van der Waals surface area contributed by atoms with Gasteiger partial charge in [0.25, 0.3) is 0 Å². The second-order valence-corrected chi connectivity index (χ2v) is 8.87. The van der Waals surface area contributed by atoms with E-state index in [1.165, 1.54) is 14.0 Å². The first-order valence-electron chi connectivity index (χ1n) is 9.07. The zero-order valence-corrected chi connectivity index (χ0v) is 18.4. The van der Waals surface area contributed by atoms with Gasteiger partial charge in [0.1, 0.15) is 0 Å². The van der Waals surface area contributed by atoms with Gasteiger partial charge in [-0.2, -0.15) is 8.42 Å². The van der Waals surface area contributed by atoms with E-state index in [2.05, 4.69) is 5.32 Å². The summed E-state index contributed by atoms with van der Waals surface area (Å²) >= 11 is 5.97. The first kappa shape index (κ1) is 22.8. The molecule has 0 aliphatic heterocycles. The molecule has 0 fully saturated rings. The second-order valence-electron chi connectivity index (χ2n) is 6.58. The highest BCUT2D eigenvalue weighted by molar-refractivity contribution is 7.87. The zero-order chi connectivity index (χ0) is 21.6. The maximum Gasteiger partial charge on any atom is 0.322 e. The topological polar surface area (TPSA) is 84.9 Å². The smallest absolute Gasteiger partial charge is 0.322 e. The number of hydrogen-bond acceptors (Lipinski definition) is 5. The van der Waals surface area contributed by atoms with Gasteiger partial charge in [-0.1, -0.05) is 23.7 Å². The van der Waals surface area contributed by atoms with E-state index >= 15 is 0 Å². The molecular formula is C20H25ClN2O5S. The summed E-state index contributed by atoms with van der Waals surface area (Å²) < 4.78 is 34.0. The van der Waals surface area contributed by atoms with E-state index in [0.717, 1.165) is 0 Å². The van der Waals surface area contributed by atoms with E-state index in [1.807, 2.05) is 13.8 Å². The van der Waals surface area contributed by atoms with Crippen molar-refractivity contribution in [2.24, 2.45) is 0 Å². The Hall–Kier alpha value is -2.45. The molecule has 0 atom stereocenters. The van der Waals surface area contributed by atoms with Crippen LogP contribution in [-0.2, 0) is 16.7 Å². The largest absolute Gasteiger partial charge is 0.493 e. The predicted molar refractivity (Wildman–Crippen MR) is 114 cm³/mol. The molecule has 158 valence electrons. The molecule has 2 aromatic carbocycles. The Morgan fingerprint density at radius 2 is 1.90 bits per heavy atom. The molecular weight excluding hydrogens is 416 g/mol. The number of methoxy groups -OCH3 is 1. The molecule has 1 N–H and O–H groups in total. The number of carbonyl (C=O) groups is 1. The van der Waals surface area contributed by atoms with E-state index in [0.29, 0.717) is 22.0 Å². The molecule has 9 heteroatoms. The van der Waals surface area contributed by atoms with Crippen LogP contribution in [-0.4, -0.2) is 38.3 Å². The number of amides is 2. The highest BCUT2D eigenvalue weighted by Crippen LogP contribution is 2.30. The van der Waals surface area contributed by atoms with Crippen LogP contribution in [0.25, 0.3) is 0 Å². The summed E-state index contributed by atoms with van der Waals surface area (Å²) in [5.74, 6) is 0.219. The molecule has 0 saturated carbocycles. The van der Waals surface area contributed by atoms with Crippen LogP contribution in [0.3, 0.4) is 0 Å². The number of carbonyl (C=O) groups excluding carboxylic acids is 1. The van der Waals surface area contributed by atoms with Crippen molar-refractivity contribution in [2.45, 2.75) is 33.4 Å². The number of hydrogen-bond donors (Lipinski definition) is 1. The third kappa shape index (κ3) is 6.54. The van der Waals surface area contributed by atoms with E-state index < -0.39 is 10.1 Å². The highest BCUT2D eigenvalue weighted by Gasteiger charge is 2.20. The van der Waals surface area contributed by atoms with Crippen LogP contribution in [0.4, 0.5) is 10.5 Å². The predicted octanol–water partition coefficient (Wildman–Crippen LogP) is 4.52. The Bertz CT molecular complexity index is 963. The Morgan fingerprint density at radius 1 is 1.17 bits per heavy atom. The molecule has 0 heterocycles. The van der Waals surface area contributed by atoms with Crippen LogP contribution in [0.1, 0.15) is 26.3 Å². The Balaban J connectivity index is 2.24. The quantitative estimate of drug-likeness (QED) is 0.610. The molecule has 2 amide bonds. The van der Waals surface area contributed by atoms with Gasteiger partial charge in [-0.25, -0.2) is 4.79 Å². The highest BCUT2D eigenvalue weighted by atomic mass is 35.5. The van der Waals surface area contributed by atoms with Crippen LogP contribution in [0, 0.1) is 0 Å². The van der Waals surface area contributed by atoms with Gasteiger partial charge in [-0.05, 0) is 56.7 Å². The summed E-state index contributed by atoms with van der Waals surface area (Å²) in [4.78, 5) is 14.4. The fraction of sp³-hybridized carbons (Fsp3) is 0.350. The Kier molecular flexibility index (Phi) is 7.75. The number of benzene rings is 2. The van der Waals surface area contributed by atoms with Gasteiger partial charge in [0.15, 0.2) is 11.5 Å². The number of anilines is 1. The number of urea groups is 1. The first-order valence-corrected chi connectivity index (χ1v) is 11.0. The van der Waals surface area contributed by atoms with E-state index in [-0.39, 0.29) is 30.1 Å². The normalized spacial score (nSPS) is 11.2. The summed E-state index contributed by atoms with van der Waals surface area (Å²) in [6, 6.07) is 11.4. The standard InChI is InChI=1S/C20H25ClN2O5S/c1-5-29(25,26)28-19-11-15(9-10-18(19)27-4)13-23(14(2)3)20(24)22-17-8-6-7-16(21)12-17/h6-12,14H,5,13H2,1-4H3,(H,22,24). The summed E-state index contributed by atoms with van der Waals surface area (Å²) in [7, 11) is -2.28. The van der Waals surface area contributed by atoms with Crippen molar-refractivity contribution in [1.82, 2.24) is 4.90 Å². The number of ether oxygens (including phenoxy) is 1. The lowest BCUT2D eigenvalue weighted by atomic mass is 10.1. The molecule has 0 bridgehead atoms. The van der Waals surface area contributed by atoms with Crippen molar-refractivity contribution in [1.29, 1.82) is 0 Å². The summed E-state index contributed by atoms with van der Waals surface area (Å²) in [5, 5.41) is 3.34. The monoisotopic (exact) mass is 440 g/mol. The van der Waals surface area contributed by atoms with E-state index in [4.69, 9.17) is 20.5 Å². The minimum Gasteiger partial charge on any atom is -0.493 e. The fourth-order valence-corrected chi connectivity index (χ4v) is 3.24. The van der Waals surface area contributed by atoms with Crippen molar-refractivity contribution in [3.8, 4) is 11.5 Å². The first-order chi connectivity index (χ1) is 13.6. The second kappa shape index (κ2) is 9.84. The lowest BCUT2D eigenvalue weighted by Gasteiger charge is -2.27. The average Bonchev–Trinajstić information content (AvgIpc) is 2.65. The number of rotatable bonds is 8. The molecule has 0 aliphatic carbocycles. The van der Waals surface area contributed by atoms with Gasteiger partial charge < -0.3 is 19.1 Å². The molecule has 2 aromatic rings. The summed E-state index contributed by atoms with van der Waals surface area (Å²) in [6.07, 6.45) is 0. The maximum atomic E-state index is 12.8. The molecule has 0 aliphatic rings. The van der Waals surface area contributed by atoms with Crippen molar-refractivity contribution in [3.05, 3.63) is 53.1 Å². The van der Waals surface area contributed by atoms with Gasteiger partial charge in [-0.3, -0.25) is 0 Å². The van der Waals surface area contributed by atoms with Crippen LogP contribution in [0.15, 0.2) is 42.5 Å². The average molecular weight is 441 g/mol. The minimum atomic E-state index is -3.71. The molecule has 2 rings (SSSR count). The molecule has 0 unspecified atom stereocenters. The zero-order valence-electron chi connectivity index (χ0n) is 16.8. The summed E-state index contributed by atoms with van der Waals surface area (Å²) in [6.45, 7) is 5.52. The Labute approximate surface area is 176 Å². The van der Waals surface area contributed by atoms with Crippen molar-refractivity contribution in [2.75, 3.05) is 18.2 Å². The van der Waals surface area contributed by atoms with Gasteiger partial charge in [0.2, 0.25) is 0 Å². The van der Waals surface area contributed by atoms with Crippen molar-refractivity contribution >= 4 is 33.4 Å². The fourth-order valence-electron chi connectivity index (χ4n) is 2.53. The molecule has 7 nitrogen and oxygen atoms in total. The lowest BCUT2D eigenvalue weighted by molar-refractivity contribution is 0.193. The molecule has 0 radical (unpaired) electrons. The number of nitrogens with zero attached hydrogens (tertiary/aromatic N) is 1. The van der Waals surface area contributed by atoms with Crippen LogP contribution < -0.4 is 14.2 Å². The summed E-state index contributed by atoms with van der Waals surface area (Å²) in [5.41, 5.74) is 1.28. The molecule has 0 saturated heterocycles. The van der Waals surface area contributed by atoms with Crippen LogP contribution in [0.2, 0.25) is 5.02 Å². The van der Waals surface area contributed by atoms with E-state index in [1.54, 1.807) is 47.4 Å². The molecule has 29 heavy (non-hydrogen) atoms. The third-order valence-corrected chi connectivity index (χ3v) is 5.49. The lowest BCUT2D eigenvalue weighted by Crippen LogP contribution is -2.39. The minimum absolute atomic E-state index is 0.0887. The SMILES string of the molecule is CCS(=O)(=O)Oc1cc(CN(C(=O)Nc2cccc(Cl)c2)C(C)C)ccc1OC. The van der Waals surface area contributed by atoms with E-state index in [9.17, 15) is 13.2 Å². The van der Waals surface area contributed by atoms with Gasteiger partial charge >= 0.3 is 16.1 Å². The Morgan fingerprint density at radius 3 is 2.48 bits per heavy atom. The van der Waals surface area contributed by atoms with Crippen molar-refractivity contribution in [3.63, 3.8) is 0 Å². The maximum absolute atomic E-state index is 12.8. The number of halogens is 1. The van der Waals surface area contributed by atoms with Gasteiger partial charge in [0, 0.05) is 23.3 Å². The molecule has 0 aromatic heterocycles. The van der Waals surface area contributed by atoms with Gasteiger partial charge in [-0.15, -0.1) is 0 Å². The van der Waals surface area contributed by atoms with Crippen LogP contribution in [0.5, 0.6) is 11.5 Å². The van der Waals surface area contributed by atoms with Crippen LogP contribution >= 0.6 is 11.6 Å². The van der Waals surface area contributed by atoms with Crippen molar-refractivity contribution < 1.29 is 22.1 Å². The third-order valence-electron chi connectivity index (χ3n) is 4.11. The molecule has 0 spiro atoms. The number of nitrogens with one attached hydrogen (secondary N) is 1.